The van der Waals surface area contributed by atoms with Gasteiger partial charge in [-0.1, -0.05) is 12.1 Å². The van der Waals surface area contributed by atoms with Crippen molar-refractivity contribution in [1.29, 1.82) is 0 Å². The van der Waals surface area contributed by atoms with Gasteiger partial charge < -0.3 is 10.2 Å². The largest absolute Gasteiger partial charge is 0.344 e. The summed E-state index contributed by atoms with van der Waals surface area (Å²) >= 11 is 0. The van der Waals surface area contributed by atoms with Crippen molar-refractivity contribution in [1.82, 2.24) is 10.2 Å². The fourth-order valence-electron chi connectivity index (χ4n) is 2.10. The highest BCUT2D eigenvalue weighted by Crippen LogP contribution is 2.08. The van der Waals surface area contributed by atoms with Crippen LogP contribution in [0.1, 0.15) is 24.8 Å². The average Bonchev–Trinajstić information content (AvgIpc) is 2.46. The first-order valence-electron chi connectivity index (χ1n) is 6.48. The second-order valence-electron chi connectivity index (χ2n) is 4.66. The van der Waals surface area contributed by atoms with E-state index in [1.807, 2.05) is 0 Å². The number of halogens is 1. The van der Waals surface area contributed by atoms with Crippen LogP contribution < -0.4 is 5.32 Å². The van der Waals surface area contributed by atoms with Crippen molar-refractivity contribution in [3.05, 3.63) is 35.6 Å². The standard InChI is InChI=1S/C14H17FN2O2/c15-12-6-4-11(5-7-12)10-16-13(18)14(19)17-8-2-1-3-9-17/h4-7H,1-3,8-10H2,(H,16,18). The molecule has 5 heteroatoms. The number of nitrogens with one attached hydrogen (secondary N) is 1. The van der Waals surface area contributed by atoms with Crippen molar-refractivity contribution < 1.29 is 14.0 Å². The summed E-state index contributed by atoms with van der Waals surface area (Å²) in [7, 11) is 0. The van der Waals surface area contributed by atoms with E-state index >= 15 is 0 Å². The normalized spacial score (nSPS) is 15.1. The molecule has 1 heterocycles. The van der Waals surface area contributed by atoms with Crippen molar-refractivity contribution in [2.75, 3.05) is 13.1 Å². The number of benzene rings is 1. The zero-order valence-corrected chi connectivity index (χ0v) is 10.7. The van der Waals surface area contributed by atoms with E-state index in [4.69, 9.17) is 0 Å². The molecule has 1 aromatic rings. The summed E-state index contributed by atoms with van der Waals surface area (Å²) in [6.45, 7) is 1.55. The smallest absolute Gasteiger partial charge is 0.311 e. The Morgan fingerprint density at radius 2 is 1.74 bits per heavy atom. The van der Waals surface area contributed by atoms with Crippen LogP contribution in [0.3, 0.4) is 0 Å². The first-order chi connectivity index (χ1) is 9.16. The lowest BCUT2D eigenvalue weighted by atomic mass is 10.1. The predicted molar refractivity (Wildman–Crippen MR) is 68.7 cm³/mol. The summed E-state index contributed by atoms with van der Waals surface area (Å²) < 4.78 is 12.7. The Morgan fingerprint density at radius 3 is 2.37 bits per heavy atom. The Hall–Kier alpha value is -1.91. The fraction of sp³-hybridized carbons (Fsp3) is 0.429. The number of rotatable bonds is 2. The molecule has 4 nitrogen and oxygen atoms in total. The summed E-state index contributed by atoms with van der Waals surface area (Å²) in [5.41, 5.74) is 0.765. The van der Waals surface area contributed by atoms with Gasteiger partial charge in [-0.2, -0.15) is 0 Å². The van der Waals surface area contributed by atoms with E-state index in [2.05, 4.69) is 5.32 Å². The van der Waals surface area contributed by atoms with Gasteiger partial charge in [0.1, 0.15) is 5.82 Å². The van der Waals surface area contributed by atoms with Crippen LogP contribution in [0.2, 0.25) is 0 Å². The molecule has 0 radical (unpaired) electrons. The first kappa shape index (κ1) is 13.5. The summed E-state index contributed by atoms with van der Waals surface area (Å²) in [6, 6.07) is 5.82. The molecule has 1 aliphatic rings. The first-order valence-corrected chi connectivity index (χ1v) is 6.48. The minimum absolute atomic E-state index is 0.235. The van der Waals surface area contributed by atoms with Crippen LogP contribution in [0.5, 0.6) is 0 Å². The van der Waals surface area contributed by atoms with Crippen molar-refractivity contribution in [2.24, 2.45) is 0 Å². The highest BCUT2D eigenvalue weighted by Gasteiger charge is 2.22. The molecule has 1 N–H and O–H groups in total. The van der Waals surface area contributed by atoms with Crippen LogP contribution in [0.15, 0.2) is 24.3 Å². The summed E-state index contributed by atoms with van der Waals surface area (Å²) in [4.78, 5) is 25.1. The number of carbonyl (C=O) groups excluding carboxylic acids is 2. The number of amides is 2. The van der Waals surface area contributed by atoms with Crippen molar-refractivity contribution in [3.8, 4) is 0 Å². The maximum absolute atomic E-state index is 12.7. The van der Waals surface area contributed by atoms with E-state index in [9.17, 15) is 14.0 Å². The molecule has 1 fully saturated rings. The van der Waals surface area contributed by atoms with Gasteiger partial charge in [0.05, 0.1) is 0 Å². The molecule has 1 aromatic carbocycles. The molecule has 2 rings (SSSR count). The third kappa shape index (κ3) is 3.77. The maximum Gasteiger partial charge on any atom is 0.311 e. The highest BCUT2D eigenvalue weighted by molar-refractivity contribution is 6.34. The lowest BCUT2D eigenvalue weighted by Crippen LogP contribution is -2.44. The molecule has 1 aliphatic heterocycles. The van der Waals surface area contributed by atoms with E-state index in [1.165, 1.54) is 12.1 Å². The number of likely N-dealkylation sites (tertiary alicyclic amines) is 1. The van der Waals surface area contributed by atoms with Crippen molar-refractivity contribution in [2.45, 2.75) is 25.8 Å². The second-order valence-corrected chi connectivity index (χ2v) is 4.66. The van der Waals surface area contributed by atoms with E-state index in [-0.39, 0.29) is 12.4 Å². The molecule has 0 atom stereocenters. The lowest BCUT2D eigenvalue weighted by molar-refractivity contribution is -0.146. The third-order valence-electron chi connectivity index (χ3n) is 3.20. The van der Waals surface area contributed by atoms with Crippen LogP contribution in [0, 0.1) is 5.82 Å². The van der Waals surface area contributed by atoms with Crippen molar-refractivity contribution in [3.63, 3.8) is 0 Å². The van der Waals surface area contributed by atoms with Gasteiger partial charge in [-0.25, -0.2) is 4.39 Å². The predicted octanol–water partition coefficient (Wildman–Crippen LogP) is 1.45. The Kier molecular flexibility index (Phi) is 4.49. The van der Waals surface area contributed by atoms with Gasteiger partial charge in [-0.05, 0) is 37.0 Å². The Labute approximate surface area is 111 Å². The minimum atomic E-state index is -0.591. The molecule has 0 aromatic heterocycles. The van der Waals surface area contributed by atoms with Crippen LogP contribution in [0.4, 0.5) is 4.39 Å². The van der Waals surface area contributed by atoms with Gasteiger partial charge in [0, 0.05) is 19.6 Å². The van der Waals surface area contributed by atoms with E-state index in [0.717, 1.165) is 24.8 Å². The van der Waals surface area contributed by atoms with Crippen LogP contribution >= 0.6 is 0 Å². The van der Waals surface area contributed by atoms with Gasteiger partial charge >= 0.3 is 11.8 Å². The van der Waals surface area contributed by atoms with Gasteiger partial charge in [-0.15, -0.1) is 0 Å². The number of nitrogens with zero attached hydrogens (tertiary/aromatic N) is 1. The SMILES string of the molecule is O=C(NCc1ccc(F)cc1)C(=O)N1CCCCC1. The van der Waals surface area contributed by atoms with E-state index < -0.39 is 11.8 Å². The molecule has 0 aliphatic carbocycles. The number of piperidine rings is 1. The second kappa shape index (κ2) is 6.31. The van der Waals surface area contributed by atoms with Gasteiger partial charge in [0.2, 0.25) is 0 Å². The highest BCUT2D eigenvalue weighted by atomic mass is 19.1. The molecule has 0 bridgehead atoms. The van der Waals surface area contributed by atoms with E-state index in [0.29, 0.717) is 13.1 Å². The van der Waals surface area contributed by atoms with Gasteiger partial charge in [0.15, 0.2) is 0 Å². The molecule has 1 saturated heterocycles. The third-order valence-corrected chi connectivity index (χ3v) is 3.20. The number of carbonyl (C=O) groups is 2. The zero-order chi connectivity index (χ0) is 13.7. The van der Waals surface area contributed by atoms with Crippen molar-refractivity contribution >= 4 is 11.8 Å². The van der Waals surface area contributed by atoms with Gasteiger partial charge in [-0.3, -0.25) is 9.59 Å². The monoisotopic (exact) mass is 264 g/mol. The molecule has 102 valence electrons. The number of hydrogen-bond donors (Lipinski definition) is 1. The quantitative estimate of drug-likeness (QED) is 0.822. The minimum Gasteiger partial charge on any atom is -0.344 e. The fourth-order valence-corrected chi connectivity index (χ4v) is 2.10. The molecular formula is C14H17FN2O2. The molecule has 0 unspecified atom stereocenters. The summed E-state index contributed by atoms with van der Waals surface area (Å²) in [5, 5.41) is 2.56. The Balaban J connectivity index is 1.83. The molecule has 0 spiro atoms. The average molecular weight is 264 g/mol. The molecule has 19 heavy (non-hydrogen) atoms. The zero-order valence-electron chi connectivity index (χ0n) is 10.7. The summed E-state index contributed by atoms with van der Waals surface area (Å²) in [6.07, 6.45) is 3.02. The number of hydrogen-bond acceptors (Lipinski definition) is 2. The topological polar surface area (TPSA) is 49.4 Å². The molecular weight excluding hydrogens is 247 g/mol. The molecule has 2 amide bonds. The van der Waals surface area contributed by atoms with E-state index in [1.54, 1.807) is 17.0 Å². The van der Waals surface area contributed by atoms with Crippen LogP contribution in [-0.2, 0) is 16.1 Å². The molecule has 0 saturated carbocycles. The van der Waals surface area contributed by atoms with Crippen LogP contribution in [-0.4, -0.2) is 29.8 Å². The lowest BCUT2D eigenvalue weighted by Gasteiger charge is -2.25. The Bertz CT molecular complexity index is 453. The maximum atomic E-state index is 12.7. The summed E-state index contributed by atoms with van der Waals surface area (Å²) in [5.74, 6) is -1.38. The Morgan fingerprint density at radius 1 is 1.11 bits per heavy atom. The van der Waals surface area contributed by atoms with Crippen LogP contribution in [0.25, 0.3) is 0 Å². The van der Waals surface area contributed by atoms with Gasteiger partial charge in [0.25, 0.3) is 0 Å².